The van der Waals surface area contributed by atoms with Crippen LogP contribution in [0.15, 0.2) is 36.4 Å². The van der Waals surface area contributed by atoms with Crippen LogP contribution in [0, 0.1) is 13.8 Å². The maximum absolute atomic E-state index is 6.34. The molecule has 32 heavy (non-hydrogen) atoms. The van der Waals surface area contributed by atoms with Crippen molar-refractivity contribution in [3.8, 4) is 34.0 Å². The molecule has 0 aliphatic carbocycles. The highest BCUT2D eigenvalue weighted by atomic mass is 16.5. The van der Waals surface area contributed by atoms with Crippen molar-refractivity contribution in [2.45, 2.75) is 79.1 Å². The molecule has 1 aromatic carbocycles. The summed E-state index contributed by atoms with van der Waals surface area (Å²) < 4.78 is 12.7. The van der Waals surface area contributed by atoms with Crippen molar-refractivity contribution in [2.24, 2.45) is 0 Å². The van der Waals surface area contributed by atoms with E-state index in [0.29, 0.717) is 0 Å². The lowest BCUT2D eigenvalue weighted by Gasteiger charge is -2.17. The zero-order valence-electron chi connectivity index (χ0n) is 20.4. The number of H-pyrrole nitrogens is 2. The summed E-state index contributed by atoms with van der Waals surface area (Å²) in [7, 11) is 0. The molecule has 0 atom stereocenters. The Morgan fingerprint density at radius 2 is 1.03 bits per heavy atom. The molecular formula is C28H40N2O2. The molecule has 4 nitrogen and oxygen atoms in total. The van der Waals surface area contributed by atoms with Crippen LogP contribution < -0.4 is 9.47 Å². The number of rotatable bonds is 14. The van der Waals surface area contributed by atoms with Gasteiger partial charge in [-0.3, -0.25) is 0 Å². The number of hydrogen-bond acceptors (Lipinski definition) is 2. The molecule has 0 bridgehead atoms. The molecule has 0 spiro atoms. The minimum absolute atomic E-state index is 0.729. The highest BCUT2D eigenvalue weighted by Crippen LogP contribution is 2.40. The molecule has 2 heterocycles. The first-order chi connectivity index (χ1) is 15.6. The molecule has 0 fully saturated rings. The third-order valence-electron chi connectivity index (χ3n) is 5.84. The van der Waals surface area contributed by atoms with Crippen LogP contribution >= 0.6 is 0 Å². The first-order valence-electron chi connectivity index (χ1n) is 12.4. The average molecular weight is 437 g/mol. The van der Waals surface area contributed by atoms with Crippen molar-refractivity contribution in [3.05, 3.63) is 47.8 Å². The molecule has 3 aromatic rings. The Hall–Kier alpha value is -2.62. The first-order valence-corrected chi connectivity index (χ1v) is 12.4. The minimum atomic E-state index is 0.729. The Kier molecular flexibility index (Phi) is 9.33. The van der Waals surface area contributed by atoms with Gasteiger partial charge in [0.2, 0.25) is 0 Å². The van der Waals surface area contributed by atoms with Crippen LogP contribution in [-0.4, -0.2) is 23.2 Å². The highest BCUT2D eigenvalue weighted by Gasteiger charge is 2.17. The summed E-state index contributed by atoms with van der Waals surface area (Å²) >= 11 is 0. The van der Waals surface area contributed by atoms with Gasteiger partial charge in [-0.1, -0.05) is 52.4 Å². The molecule has 174 valence electrons. The number of aromatic nitrogens is 2. The lowest BCUT2D eigenvalue weighted by molar-refractivity contribution is 0.299. The Balaban J connectivity index is 1.92. The summed E-state index contributed by atoms with van der Waals surface area (Å²) in [5.74, 6) is 1.81. The van der Waals surface area contributed by atoms with Crippen molar-refractivity contribution in [2.75, 3.05) is 13.2 Å². The molecule has 2 aromatic heterocycles. The van der Waals surface area contributed by atoms with Crippen LogP contribution in [0.3, 0.4) is 0 Å². The van der Waals surface area contributed by atoms with E-state index < -0.39 is 0 Å². The number of aryl methyl sites for hydroxylation is 2. The molecule has 0 saturated heterocycles. The third kappa shape index (κ3) is 6.69. The van der Waals surface area contributed by atoms with Gasteiger partial charge in [-0.25, -0.2) is 0 Å². The number of nitrogens with one attached hydrogen (secondary N) is 2. The van der Waals surface area contributed by atoms with E-state index in [1.54, 1.807) is 0 Å². The van der Waals surface area contributed by atoms with Gasteiger partial charge in [0, 0.05) is 33.9 Å². The standard InChI is InChI=1S/C28H40N2O2/c1-5-7-9-11-17-31-27-19-24(26-16-14-22(4)30-26)28(32-18-12-10-8-6-2)20-23(27)25-15-13-21(3)29-25/h13-16,19-20,29-30H,5-12,17-18H2,1-4H3. The van der Waals surface area contributed by atoms with E-state index in [9.17, 15) is 0 Å². The average Bonchev–Trinajstić information content (AvgIpc) is 3.42. The normalized spacial score (nSPS) is 11.1. The Morgan fingerprint density at radius 3 is 1.38 bits per heavy atom. The topological polar surface area (TPSA) is 50.0 Å². The van der Waals surface area contributed by atoms with Gasteiger partial charge in [0.25, 0.3) is 0 Å². The Bertz CT molecular complexity index is 876. The molecule has 3 rings (SSSR count). The number of unbranched alkanes of at least 4 members (excludes halogenated alkanes) is 6. The lowest BCUT2D eigenvalue weighted by Crippen LogP contribution is -2.03. The quantitative estimate of drug-likeness (QED) is 0.250. The SMILES string of the molecule is CCCCCCOc1cc(-c2ccc(C)[nH]2)c(OCCCCCC)cc1-c1ccc(C)[nH]1. The molecular weight excluding hydrogens is 396 g/mol. The fourth-order valence-corrected chi connectivity index (χ4v) is 3.96. The van der Waals surface area contributed by atoms with E-state index >= 15 is 0 Å². The van der Waals surface area contributed by atoms with Crippen LogP contribution in [0.5, 0.6) is 11.5 Å². The second-order valence-electron chi connectivity index (χ2n) is 8.77. The van der Waals surface area contributed by atoms with E-state index in [1.165, 1.54) is 38.5 Å². The molecule has 0 aliphatic heterocycles. The maximum Gasteiger partial charge on any atom is 0.129 e. The largest absolute Gasteiger partial charge is 0.493 e. The van der Waals surface area contributed by atoms with E-state index in [0.717, 1.165) is 71.5 Å². The van der Waals surface area contributed by atoms with Crippen molar-refractivity contribution in [3.63, 3.8) is 0 Å². The number of benzene rings is 1. The summed E-state index contributed by atoms with van der Waals surface area (Å²) in [6, 6.07) is 12.8. The van der Waals surface area contributed by atoms with Crippen LogP contribution in [0.25, 0.3) is 22.5 Å². The third-order valence-corrected chi connectivity index (χ3v) is 5.84. The summed E-state index contributed by atoms with van der Waals surface area (Å²) in [5, 5.41) is 0. The lowest BCUT2D eigenvalue weighted by atomic mass is 10.0. The Morgan fingerprint density at radius 1 is 0.594 bits per heavy atom. The van der Waals surface area contributed by atoms with Gasteiger partial charge in [0.1, 0.15) is 11.5 Å². The fraction of sp³-hybridized carbons (Fsp3) is 0.500. The van der Waals surface area contributed by atoms with E-state index in [-0.39, 0.29) is 0 Å². The zero-order valence-corrected chi connectivity index (χ0v) is 20.4. The van der Waals surface area contributed by atoms with Crippen LogP contribution in [-0.2, 0) is 0 Å². The molecule has 4 heteroatoms. The number of hydrogen-bond donors (Lipinski definition) is 2. The van der Waals surface area contributed by atoms with Crippen molar-refractivity contribution < 1.29 is 9.47 Å². The van der Waals surface area contributed by atoms with Gasteiger partial charge in [-0.15, -0.1) is 0 Å². The smallest absolute Gasteiger partial charge is 0.129 e. The van der Waals surface area contributed by atoms with Crippen LogP contribution in [0.4, 0.5) is 0 Å². The summed E-state index contributed by atoms with van der Waals surface area (Å²) in [4.78, 5) is 6.95. The fourth-order valence-electron chi connectivity index (χ4n) is 3.96. The molecule has 0 unspecified atom stereocenters. The Labute approximate surface area is 193 Å². The highest BCUT2D eigenvalue weighted by molar-refractivity contribution is 5.79. The zero-order chi connectivity index (χ0) is 22.8. The number of aromatic amines is 2. The van der Waals surface area contributed by atoms with Crippen molar-refractivity contribution >= 4 is 0 Å². The molecule has 0 radical (unpaired) electrons. The second kappa shape index (κ2) is 12.4. The summed E-state index contributed by atoms with van der Waals surface area (Å²) in [6.45, 7) is 10.1. The molecule has 0 saturated carbocycles. The van der Waals surface area contributed by atoms with Gasteiger partial charge >= 0.3 is 0 Å². The second-order valence-corrected chi connectivity index (χ2v) is 8.77. The van der Waals surface area contributed by atoms with Gasteiger partial charge < -0.3 is 19.4 Å². The predicted octanol–water partition coefficient (Wildman–Crippen LogP) is 8.21. The van der Waals surface area contributed by atoms with Gasteiger partial charge in [0.05, 0.1) is 13.2 Å². The van der Waals surface area contributed by atoms with Crippen LogP contribution in [0.2, 0.25) is 0 Å². The summed E-state index contributed by atoms with van der Waals surface area (Å²) in [5.41, 5.74) is 6.53. The predicted molar refractivity (Wildman–Crippen MR) is 135 cm³/mol. The van der Waals surface area contributed by atoms with E-state index in [4.69, 9.17) is 9.47 Å². The minimum Gasteiger partial charge on any atom is -0.493 e. The summed E-state index contributed by atoms with van der Waals surface area (Å²) in [6.07, 6.45) is 9.52. The van der Waals surface area contributed by atoms with Gasteiger partial charge in [-0.2, -0.15) is 0 Å². The molecule has 2 N–H and O–H groups in total. The molecule has 0 amide bonds. The van der Waals surface area contributed by atoms with Gasteiger partial charge in [0.15, 0.2) is 0 Å². The number of ether oxygens (including phenoxy) is 2. The van der Waals surface area contributed by atoms with E-state index in [1.807, 2.05) is 0 Å². The maximum atomic E-state index is 6.34. The monoisotopic (exact) mass is 436 g/mol. The van der Waals surface area contributed by atoms with E-state index in [2.05, 4.69) is 74.1 Å². The van der Waals surface area contributed by atoms with Crippen molar-refractivity contribution in [1.82, 2.24) is 9.97 Å². The van der Waals surface area contributed by atoms with Gasteiger partial charge in [-0.05, 0) is 63.1 Å². The van der Waals surface area contributed by atoms with Crippen molar-refractivity contribution in [1.29, 1.82) is 0 Å². The van der Waals surface area contributed by atoms with Crippen LogP contribution in [0.1, 0.15) is 76.6 Å². The first kappa shape index (κ1) is 24.0. The molecule has 0 aliphatic rings.